The lowest BCUT2D eigenvalue weighted by molar-refractivity contribution is -0.384. The average Bonchev–Trinajstić information content (AvgIpc) is 2.79. The van der Waals surface area contributed by atoms with E-state index in [2.05, 4.69) is 10.4 Å². The van der Waals surface area contributed by atoms with Crippen molar-refractivity contribution >= 4 is 17.3 Å². The lowest BCUT2D eigenvalue weighted by atomic mass is 10.1. The van der Waals surface area contributed by atoms with E-state index in [1.807, 2.05) is 20.9 Å². The molecule has 25 heavy (non-hydrogen) atoms. The van der Waals surface area contributed by atoms with E-state index in [9.17, 15) is 14.9 Å². The molecule has 0 aliphatic rings. The number of rotatable bonds is 7. The summed E-state index contributed by atoms with van der Waals surface area (Å²) in [5, 5.41) is 18.0. The number of non-ortho nitro benzene ring substituents is 1. The molecule has 2 aromatic rings. The summed E-state index contributed by atoms with van der Waals surface area (Å²) < 4.78 is 6.86. The van der Waals surface area contributed by atoms with Crippen LogP contribution in [0.25, 0.3) is 0 Å². The van der Waals surface area contributed by atoms with Crippen LogP contribution >= 0.6 is 0 Å². The maximum absolute atomic E-state index is 12.3. The highest BCUT2D eigenvalue weighted by Crippen LogP contribution is 2.23. The summed E-state index contributed by atoms with van der Waals surface area (Å²) in [6.07, 6.45) is 0.890. The summed E-state index contributed by atoms with van der Waals surface area (Å²) in [4.78, 5) is 22.7. The minimum absolute atomic E-state index is 0.0355. The van der Waals surface area contributed by atoms with Crippen LogP contribution in [0.2, 0.25) is 0 Å². The van der Waals surface area contributed by atoms with E-state index in [4.69, 9.17) is 4.74 Å². The number of aromatic nitrogens is 2. The number of nitrogens with one attached hydrogen (secondary N) is 1. The van der Waals surface area contributed by atoms with E-state index in [-0.39, 0.29) is 18.2 Å². The zero-order valence-electron chi connectivity index (χ0n) is 14.8. The maximum atomic E-state index is 12.3. The summed E-state index contributed by atoms with van der Waals surface area (Å²) in [6, 6.07) is 4.31. The lowest BCUT2D eigenvalue weighted by Gasteiger charge is -2.11. The van der Waals surface area contributed by atoms with Gasteiger partial charge in [0, 0.05) is 49.7 Å². The second kappa shape index (κ2) is 7.89. The fourth-order valence-electron chi connectivity index (χ4n) is 2.72. The van der Waals surface area contributed by atoms with Gasteiger partial charge in [0.2, 0.25) is 5.91 Å². The summed E-state index contributed by atoms with van der Waals surface area (Å²) in [5.41, 5.74) is 4.09. The number of hydrogen-bond donors (Lipinski definition) is 1. The molecule has 1 aromatic heterocycles. The largest absolute Gasteiger partial charge is 0.380 e. The molecule has 0 bridgehead atoms. The van der Waals surface area contributed by atoms with Crippen molar-refractivity contribution in [2.45, 2.75) is 33.3 Å². The van der Waals surface area contributed by atoms with Gasteiger partial charge in [0.1, 0.15) is 0 Å². The number of nitrogens with zero attached hydrogens (tertiary/aromatic N) is 3. The molecular weight excluding hydrogens is 324 g/mol. The molecule has 0 fully saturated rings. The third-order valence-corrected chi connectivity index (χ3v) is 4.13. The minimum Gasteiger partial charge on any atom is -0.380 e. The fourth-order valence-corrected chi connectivity index (χ4v) is 2.72. The van der Waals surface area contributed by atoms with Gasteiger partial charge in [0.05, 0.1) is 17.2 Å². The van der Waals surface area contributed by atoms with Crippen LogP contribution in [-0.2, 0) is 29.6 Å². The van der Waals surface area contributed by atoms with Crippen molar-refractivity contribution < 1.29 is 14.5 Å². The molecule has 0 unspecified atom stereocenters. The Morgan fingerprint density at radius 2 is 2.12 bits per heavy atom. The number of nitro groups is 1. The van der Waals surface area contributed by atoms with E-state index in [0.29, 0.717) is 24.1 Å². The van der Waals surface area contributed by atoms with E-state index >= 15 is 0 Å². The molecule has 0 spiro atoms. The predicted molar refractivity (Wildman–Crippen MR) is 93.4 cm³/mol. The second-order valence-electron chi connectivity index (χ2n) is 5.85. The Kier molecular flexibility index (Phi) is 5.87. The first kappa shape index (κ1) is 18.6. The molecule has 8 heteroatoms. The van der Waals surface area contributed by atoms with Crippen molar-refractivity contribution in [3.63, 3.8) is 0 Å². The van der Waals surface area contributed by atoms with Gasteiger partial charge < -0.3 is 10.1 Å². The van der Waals surface area contributed by atoms with Crippen molar-refractivity contribution in [1.82, 2.24) is 9.78 Å². The molecule has 0 saturated carbocycles. The molecule has 0 atom stereocenters. The molecule has 8 nitrogen and oxygen atoms in total. The number of carbonyl (C=O) groups excluding carboxylic acids is 1. The van der Waals surface area contributed by atoms with Gasteiger partial charge in [0.15, 0.2) is 0 Å². The van der Waals surface area contributed by atoms with E-state index < -0.39 is 4.92 Å². The van der Waals surface area contributed by atoms with Gasteiger partial charge in [-0.1, -0.05) is 0 Å². The molecule has 1 N–H and O–H groups in total. The van der Waals surface area contributed by atoms with Crippen LogP contribution in [0.4, 0.5) is 11.4 Å². The molecule has 1 heterocycles. The second-order valence-corrected chi connectivity index (χ2v) is 5.85. The number of hydrogen-bond acceptors (Lipinski definition) is 5. The number of nitro benzene ring substituents is 1. The number of ether oxygens (including phenoxy) is 1. The van der Waals surface area contributed by atoms with Crippen LogP contribution in [-0.4, -0.2) is 27.7 Å². The highest BCUT2D eigenvalue weighted by atomic mass is 16.6. The Morgan fingerprint density at radius 3 is 2.68 bits per heavy atom. The SMILES string of the molecule is COCc1cc([N+](=O)[O-])ccc1NC(=O)CCc1c(C)nn(C)c1C. The maximum Gasteiger partial charge on any atom is 0.269 e. The summed E-state index contributed by atoms with van der Waals surface area (Å²) in [5.74, 6) is -0.158. The third-order valence-electron chi connectivity index (χ3n) is 4.13. The summed E-state index contributed by atoms with van der Waals surface area (Å²) in [7, 11) is 3.37. The Bertz CT molecular complexity index is 798. The highest BCUT2D eigenvalue weighted by Gasteiger charge is 2.15. The molecule has 0 aliphatic carbocycles. The quantitative estimate of drug-likeness (QED) is 0.614. The first-order chi connectivity index (χ1) is 11.8. The topological polar surface area (TPSA) is 99.3 Å². The third kappa shape index (κ3) is 4.42. The number of amides is 1. The van der Waals surface area contributed by atoms with Crippen molar-refractivity contribution in [2.75, 3.05) is 12.4 Å². The van der Waals surface area contributed by atoms with Gasteiger partial charge in [-0.2, -0.15) is 5.10 Å². The first-order valence-electron chi connectivity index (χ1n) is 7.88. The highest BCUT2D eigenvalue weighted by molar-refractivity contribution is 5.91. The number of methoxy groups -OCH3 is 1. The normalized spacial score (nSPS) is 10.7. The Balaban J connectivity index is 2.08. The van der Waals surface area contributed by atoms with Crippen LogP contribution in [0.3, 0.4) is 0 Å². The number of anilines is 1. The molecule has 0 saturated heterocycles. The molecular formula is C17H22N4O4. The van der Waals surface area contributed by atoms with Crippen molar-refractivity contribution in [1.29, 1.82) is 0 Å². The van der Waals surface area contributed by atoms with Gasteiger partial charge in [-0.25, -0.2) is 0 Å². The molecule has 2 rings (SSSR count). The monoisotopic (exact) mass is 346 g/mol. The Morgan fingerprint density at radius 1 is 1.40 bits per heavy atom. The predicted octanol–water partition coefficient (Wildman–Crippen LogP) is 2.66. The van der Waals surface area contributed by atoms with Crippen LogP contribution in [0, 0.1) is 24.0 Å². The van der Waals surface area contributed by atoms with Crippen LogP contribution in [0.15, 0.2) is 18.2 Å². The molecule has 0 radical (unpaired) electrons. The van der Waals surface area contributed by atoms with Gasteiger partial charge in [0.25, 0.3) is 5.69 Å². The van der Waals surface area contributed by atoms with Gasteiger partial charge >= 0.3 is 0 Å². The van der Waals surface area contributed by atoms with Crippen molar-refractivity contribution in [3.8, 4) is 0 Å². The first-order valence-corrected chi connectivity index (χ1v) is 7.88. The van der Waals surface area contributed by atoms with Gasteiger partial charge in [-0.05, 0) is 31.9 Å². The standard InChI is InChI=1S/C17H22N4O4/c1-11-15(12(2)20(3)19-11)6-8-17(22)18-16-7-5-14(21(23)24)9-13(16)10-25-4/h5,7,9H,6,8,10H2,1-4H3,(H,18,22). The summed E-state index contributed by atoms with van der Waals surface area (Å²) >= 11 is 0. The molecule has 0 aliphatic heterocycles. The molecule has 134 valence electrons. The average molecular weight is 346 g/mol. The minimum atomic E-state index is -0.473. The van der Waals surface area contributed by atoms with Crippen LogP contribution < -0.4 is 5.32 Å². The fraction of sp³-hybridized carbons (Fsp3) is 0.412. The lowest BCUT2D eigenvalue weighted by Crippen LogP contribution is -2.14. The Labute approximate surface area is 145 Å². The number of carbonyl (C=O) groups is 1. The number of aryl methyl sites for hydroxylation is 2. The van der Waals surface area contributed by atoms with E-state index in [0.717, 1.165) is 17.0 Å². The van der Waals surface area contributed by atoms with Crippen LogP contribution in [0.5, 0.6) is 0 Å². The molecule has 1 amide bonds. The molecule has 1 aromatic carbocycles. The number of benzene rings is 1. The van der Waals surface area contributed by atoms with Gasteiger partial charge in [-0.3, -0.25) is 19.6 Å². The van der Waals surface area contributed by atoms with Crippen LogP contribution in [0.1, 0.15) is 28.9 Å². The Hall–Kier alpha value is -2.74. The summed E-state index contributed by atoms with van der Waals surface area (Å²) in [6.45, 7) is 4.08. The smallest absolute Gasteiger partial charge is 0.269 e. The van der Waals surface area contributed by atoms with Gasteiger partial charge in [-0.15, -0.1) is 0 Å². The van der Waals surface area contributed by atoms with E-state index in [1.165, 1.54) is 25.3 Å². The van der Waals surface area contributed by atoms with Crippen molar-refractivity contribution in [2.24, 2.45) is 7.05 Å². The zero-order valence-corrected chi connectivity index (χ0v) is 14.8. The zero-order chi connectivity index (χ0) is 18.6. The van der Waals surface area contributed by atoms with Crippen molar-refractivity contribution in [3.05, 3.63) is 50.8 Å². The van der Waals surface area contributed by atoms with E-state index in [1.54, 1.807) is 4.68 Å².